The van der Waals surface area contributed by atoms with E-state index < -0.39 is 4.92 Å². The van der Waals surface area contributed by atoms with Crippen LogP contribution in [0, 0.1) is 24.0 Å². The summed E-state index contributed by atoms with van der Waals surface area (Å²) in [5.74, 6) is -0.376. The van der Waals surface area contributed by atoms with Crippen molar-refractivity contribution < 1.29 is 9.72 Å². The zero-order chi connectivity index (χ0) is 14.9. The first-order valence-electron chi connectivity index (χ1n) is 5.71. The van der Waals surface area contributed by atoms with E-state index in [1.165, 1.54) is 6.07 Å². The Morgan fingerprint density at radius 1 is 1.35 bits per heavy atom. The van der Waals surface area contributed by atoms with Crippen molar-refractivity contribution in [2.75, 3.05) is 5.32 Å². The van der Waals surface area contributed by atoms with Gasteiger partial charge in [0.2, 0.25) is 0 Å². The minimum absolute atomic E-state index is 0.00635. The Balaban J connectivity index is 2.28. The number of nitrogens with one attached hydrogen (secondary N) is 1. The number of rotatable bonds is 3. The van der Waals surface area contributed by atoms with Crippen molar-refractivity contribution in [1.29, 1.82) is 0 Å². The summed E-state index contributed by atoms with van der Waals surface area (Å²) in [6, 6.07) is 6.56. The summed E-state index contributed by atoms with van der Waals surface area (Å²) in [5.41, 5.74) is 1.91. The van der Waals surface area contributed by atoms with Gasteiger partial charge < -0.3 is 5.32 Å². The molecule has 1 heterocycles. The first-order chi connectivity index (χ1) is 9.38. The minimum atomic E-state index is -0.479. The Labute approximate surface area is 124 Å². The monoisotopic (exact) mass is 310 g/mol. The molecule has 5 nitrogen and oxygen atoms in total. The van der Waals surface area contributed by atoms with E-state index in [9.17, 15) is 14.9 Å². The number of benzene rings is 1. The molecule has 0 fully saturated rings. The molecule has 1 aromatic heterocycles. The van der Waals surface area contributed by atoms with E-state index in [1.807, 2.05) is 6.92 Å². The number of hydrogen-bond acceptors (Lipinski definition) is 4. The molecule has 7 heteroatoms. The smallest absolute Gasteiger partial charge is 0.313 e. The largest absolute Gasteiger partial charge is 0.326 e. The summed E-state index contributed by atoms with van der Waals surface area (Å²) in [6.07, 6.45) is 0. The first-order valence-corrected chi connectivity index (χ1v) is 6.90. The summed E-state index contributed by atoms with van der Waals surface area (Å²) < 4.78 is 0. The second-order valence-electron chi connectivity index (χ2n) is 4.29. The van der Waals surface area contributed by atoms with Gasteiger partial charge >= 0.3 is 5.00 Å². The van der Waals surface area contributed by atoms with Gasteiger partial charge in [-0.05, 0) is 42.9 Å². The lowest BCUT2D eigenvalue weighted by Crippen LogP contribution is -2.12. The van der Waals surface area contributed by atoms with E-state index in [4.69, 9.17) is 11.6 Å². The number of carbonyl (C=O) groups is 1. The van der Waals surface area contributed by atoms with Crippen molar-refractivity contribution in [1.82, 2.24) is 0 Å². The average Bonchev–Trinajstić information content (AvgIpc) is 2.74. The molecule has 0 atom stereocenters. The minimum Gasteiger partial charge on any atom is -0.313 e. The zero-order valence-electron chi connectivity index (χ0n) is 10.8. The topological polar surface area (TPSA) is 72.2 Å². The maximum atomic E-state index is 12.2. The highest BCUT2D eigenvalue weighted by atomic mass is 35.5. The second-order valence-corrected chi connectivity index (χ2v) is 5.73. The maximum Gasteiger partial charge on any atom is 0.326 e. The Hall–Kier alpha value is -1.92. The molecule has 1 amide bonds. The van der Waals surface area contributed by atoms with Crippen molar-refractivity contribution >= 4 is 38.8 Å². The van der Waals surface area contributed by atoms with Crippen molar-refractivity contribution in [3.8, 4) is 0 Å². The van der Waals surface area contributed by atoms with Gasteiger partial charge in [-0.25, -0.2) is 0 Å². The molecule has 0 aliphatic carbocycles. The molecule has 104 valence electrons. The number of nitro groups is 1. The molecule has 1 N–H and O–H groups in total. The number of carbonyl (C=O) groups excluding carboxylic acids is 1. The fourth-order valence-corrected chi connectivity index (χ4v) is 2.75. The van der Waals surface area contributed by atoms with Gasteiger partial charge in [0.05, 0.1) is 15.5 Å². The lowest BCUT2D eigenvalue weighted by atomic mass is 10.1. The highest BCUT2D eigenvalue weighted by Crippen LogP contribution is 2.33. The molecule has 0 spiro atoms. The summed E-state index contributed by atoms with van der Waals surface area (Å²) in [6.45, 7) is 3.56. The number of halogens is 1. The van der Waals surface area contributed by atoms with E-state index in [1.54, 1.807) is 25.1 Å². The summed E-state index contributed by atoms with van der Waals surface area (Å²) in [7, 11) is 0. The predicted molar refractivity (Wildman–Crippen MR) is 79.9 cm³/mol. The number of amides is 1. The van der Waals surface area contributed by atoms with E-state index in [0.29, 0.717) is 21.2 Å². The third-order valence-corrected chi connectivity index (χ3v) is 4.11. The van der Waals surface area contributed by atoms with Crippen LogP contribution < -0.4 is 5.32 Å². The lowest BCUT2D eigenvalue weighted by Gasteiger charge is -2.06. The average molecular weight is 311 g/mol. The molecular formula is C13H11ClN2O3S. The van der Waals surface area contributed by atoms with E-state index in [-0.39, 0.29) is 10.9 Å². The van der Waals surface area contributed by atoms with Crippen LogP contribution in [0.2, 0.25) is 5.02 Å². The second kappa shape index (κ2) is 5.60. The Bertz CT molecular complexity index is 697. The first kappa shape index (κ1) is 14.5. The summed E-state index contributed by atoms with van der Waals surface area (Å²) in [5, 5.41) is 14.2. The molecule has 0 aliphatic rings. The molecule has 0 saturated carbocycles. The molecule has 0 unspecified atom stereocenters. The third-order valence-electron chi connectivity index (χ3n) is 2.68. The van der Waals surface area contributed by atoms with Crippen molar-refractivity contribution in [3.05, 3.63) is 56.1 Å². The summed E-state index contributed by atoms with van der Waals surface area (Å²) in [4.78, 5) is 22.4. The number of hydrogen-bond donors (Lipinski definition) is 1. The van der Waals surface area contributed by atoms with E-state index in [0.717, 1.165) is 16.9 Å². The normalized spacial score (nSPS) is 10.3. The Kier molecular flexibility index (Phi) is 4.06. The molecule has 20 heavy (non-hydrogen) atoms. The van der Waals surface area contributed by atoms with Crippen LogP contribution in [0.15, 0.2) is 24.3 Å². The van der Waals surface area contributed by atoms with Gasteiger partial charge in [0, 0.05) is 6.07 Å². The number of nitrogens with zero attached hydrogens (tertiary/aromatic N) is 1. The zero-order valence-corrected chi connectivity index (χ0v) is 12.3. The lowest BCUT2D eigenvalue weighted by molar-refractivity contribution is -0.380. The number of thiophene rings is 1. The van der Waals surface area contributed by atoms with Crippen molar-refractivity contribution in [3.63, 3.8) is 0 Å². The fraction of sp³-hybridized carbons (Fsp3) is 0.154. The Morgan fingerprint density at radius 2 is 2.05 bits per heavy atom. The van der Waals surface area contributed by atoms with Crippen LogP contribution in [0.4, 0.5) is 10.0 Å². The SMILES string of the molecule is Cc1ccc(Cl)c(C(=O)Nc2sc([N+](=O)[O-])cc2C)c1. The molecule has 2 rings (SSSR count). The molecule has 1 aromatic carbocycles. The third kappa shape index (κ3) is 2.97. The quantitative estimate of drug-likeness (QED) is 0.682. The highest BCUT2D eigenvalue weighted by molar-refractivity contribution is 7.19. The number of anilines is 1. The van der Waals surface area contributed by atoms with Gasteiger partial charge in [0.25, 0.3) is 5.91 Å². The van der Waals surface area contributed by atoms with Crippen molar-refractivity contribution in [2.45, 2.75) is 13.8 Å². The van der Waals surface area contributed by atoms with Crippen LogP contribution in [-0.4, -0.2) is 10.8 Å². The van der Waals surface area contributed by atoms with Crippen molar-refractivity contribution in [2.24, 2.45) is 0 Å². The standard InChI is InChI=1S/C13H11ClN2O3S/c1-7-3-4-10(14)9(5-7)12(17)15-13-8(2)6-11(20-13)16(18)19/h3-6H,1-2H3,(H,15,17). The highest BCUT2D eigenvalue weighted by Gasteiger charge is 2.17. The molecular weight excluding hydrogens is 300 g/mol. The maximum absolute atomic E-state index is 12.2. The van der Waals surface area contributed by atoms with Gasteiger partial charge in [-0.15, -0.1) is 0 Å². The molecule has 0 saturated heterocycles. The van der Waals surface area contributed by atoms with Gasteiger partial charge in [-0.1, -0.05) is 23.2 Å². The van der Waals surface area contributed by atoms with Crippen LogP contribution >= 0.6 is 22.9 Å². The predicted octanol–water partition coefficient (Wildman–Crippen LogP) is 4.18. The van der Waals surface area contributed by atoms with Gasteiger partial charge in [0.15, 0.2) is 0 Å². The van der Waals surface area contributed by atoms with E-state index >= 15 is 0 Å². The number of aryl methyl sites for hydroxylation is 2. The molecule has 0 aliphatic heterocycles. The summed E-state index contributed by atoms with van der Waals surface area (Å²) >= 11 is 6.91. The molecule has 0 bridgehead atoms. The van der Waals surface area contributed by atoms with Crippen LogP contribution in [0.25, 0.3) is 0 Å². The van der Waals surface area contributed by atoms with Crippen LogP contribution in [0.1, 0.15) is 21.5 Å². The molecule has 0 radical (unpaired) electrons. The van der Waals surface area contributed by atoms with Crippen LogP contribution in [0.5, 0.6) is 0 Å². The fourth-order valence-electron chi connectivity index (χ4n) is 1.66. The van der Waals surface area contributed by atoms with Crippen LogP contribution in [-0.2, 0) is 0 Å². The van der Waals surface area contributed by atoms with Gasteiger partial charge in [0.1, 0.15) is 5.00 Å². The Morgan fingerprint density at radius 3 is 2.65 bits per heavy atom. The van der Waals surface area contributed by atoms with Crippen LogP contribution in [0.3, 0.4) is 0 Å². The van der Waals surface area contributed by atoms with E-state index in [2.05, 4.69) is 5.32 Å². The van der Waals surface area contributed by atoms with Gasteiger partial charge in [-0.2, -0.15) is 0 Å². The molecule has 2 aromatic rings. The van der Waals surface area contributed by atoms with Gasteiger partial charge in [-0.3, -0.25) is 14.9 Å².